The Hall–Kier alpha value is -3.37. The molecule has 11 heteroatoms. The van der Waals surface area contributed by atoms with Gasteiger partial charge in [0.25, 0.3) is 5.91 Å². The first-order valence-corrected chi connectivity index (χ1v) is 9.86. The van der Waals surface area contributed by atoms with Crippen LogP contribution in [0, 0.1) is 0 Å². The SMILES string of the molecule is Cl.O=C(Nc1nccs1)c1c(Cc2ccccc2O)[nH]c2c(C(F)(F)F)cccc2c1=O. The summed E-state index contributed by atoms with van der Waals surface area (Å²) in [6.45, 7) is 0. The lowest BCUT2D eigenvalue weighted by molar-refractivity contribution is -0.136. The molecule has 2 heterocycles. The van der Waals surface area contributed by atoms with E-state index in [1.54, 1.807) is 23.6 Å². The number of nitrogens with zero attached hydrogens (tertiary/aromatic N) is 1. The normalized spacial score (nSPS) is 11.2. The van der Waals surface area contributed by atoms with E-state index in [9.17, 15) is 27.9 Å². The minimum absolute atomic E-state index is 0. The van der Waals surface area contributed by atoms with Crippen molar-refractivity contribution in [2.24, 2.45) is 0 Å². The van der Waals surface area contributed by atoms with Crippen LogP contribution in [0.4, 0.5) is 18.3 Å². The van der Waals surface area contributed by atoms with Crippen LogP contribution < -0.4 is 10.7 Å². The highest BCUT2D eigenvalue weighted by Crippen LogP contribution is 2.34. The molecule has 0 spiro atoms. The molecule has 0 saturated carbocycles. The van der Waals surface area contributed by atoms with Crippen molar-refractivity contribution in [3.63, 3.8) is 0 Å². The summed E-state index contributed by atoms with van der Waals surface area (Å²) >= 11 is 1.13. The summed E-state index contributed by atoms with van der Waals surface area (Å²) in [6.07, 6.45) is -3.41. The highest BCUT2D eigenvalue weighted by atomic mass is 35.5. The summed E-state index contributed by atoms with van der Waals surface area (Å²) in [6, 6.07) is 9.38. The minimum atomic E-state index is -4.71. The van der Waals surface area contributed by atoms with Gasteiger partial charge in [-0.1, -0.05) is 24.3 Å². The van der Waals surface area contributed by atoms with Crippen molar-refractivity contribution >= 4 is 45.7 Å². The number of thiazole rings is 1. The quantitative estimate of drug-likeness (QED) is 0.383. The molecule has 0 saturated heterocycles. The molecule has 0 fully saturated rings. The van der Waals surface area contributed by atoms with Gasteiger partial charge in [0.05, 0.1) is 11.1 Å². The smallest absolute Gasteiger partial charge is 0.418 e. The number of H-pyrrole nitrogens is 1. The molecule has 0 aliphatic rings. The van der Waals surface area contributed by atoms with Gasteiger partial charge in [-0.15, -0.1) is 23.7 Å². The second-order valence-electron chi connectivity index (χ2n) is 6.63. The molecule has 0 aliphatic heterocycles. The standard InChI is InChI=1S/C21H14F3N3O3S.ClH/c22-21(23,24)13-6-3-5-12-17(13)26-14(10-11-4-1-2-7-15(11)28)16(18(12)29)19(30)27-20-25-8-9-31-20;/h1-9,28H,10H2,(H,26,29)(H,25,27,30);1H. The number of aromatic amines is 1. The van der Waals surface area contributed by atoms with Gasteiger partial charge in [0.2, 0.25) is 5.43 Å². The van der Waals surface area contributed by atoms with E-state index in [0.29, 0.717) is 5.56 Å². The molecule has 2 aromatic heterocycles. The fourth-order valence-electron chi connectivity index (χ4n) is 3.27. The molecule has 2 aromatic carbocycles. The lowest BCUT2D eigenvalue weighted by atomic mass is 9.99. The second kappa shape index (κ2) is 9.01. The predicted molar refractivity (Wildman–Crippen MR) is 118 cm³/mol. The zero-order valence-electron chi connectivity index (χ0n) is 16.1. The van der Waals surface area contributed by atoms with Gasteiger partial charge < -0.3 is 10.1 Å². The first-order valence-electron chi connectivity index (χ1n) is 8.98. The van der Waals surface area contributed by atoms with Crippen molar-refractivity contribution in [2.75, 3.05) is 5.32 Å². The molecule has 0 atom stereocenters. The zero-order valence-corrected chi connectivity index (χ0v) is 17.7. The van der Waals surface area contributed by atoms with E-state index in [2.05, 4.69) is 15.3 Å². The van der Waals surface area contributed by atoms with Crippen molar-refractivity contribution in [1.29, 1.82) is 0 Å². The van der Waals surface area contributed by atoms with E-state index in [1.807, 2.05) is 0 Å². The number of benzene rings is 2. The lowest BCUT2D eigenvalue weighted by Crippen LogP contribution is -2.26. The van der Waals surface area contributed by atoms with E-state index in [1.165, 1.54) is 18.3 Å². The Kier molecular flexibility index (Phi) is 6.56. The molecule has 4 aromatic rings. The van der Waals surface area contributed by atoms with Crippen molar-refractivity contribution in [3.05, 3.63) is 86.6 Å². The minimum Gasteiger partial charge on any atom is -0.508 e. The summed E-state index contributed by atoms with van der Waals surface area (Å²) < 4.78 is 40.6. The van der Waals surface area contributed by atoms with Crippen molar-refractivity contribution in [2.45, 2.75) is 12.6 Å². The van der Waals surface area contributed by atoms with E-state index >= 15 is 0 Å². The van der Waals surface area contributed by atoms with Crippen molar-refractivity contribution < 1.29 is 23.1 Å². The third-order valence-electron chi connectivity index (χ3n) is 4.66. The average molecular weight is 482 g/mol. The highest BCUT2D eigenvalue weighted by Gasteiger charge is 2.34. The van der Waals surface area contributed by atoms with Crippen LogP contribution in [0.5, 0.6) is 5.75 Å². The van der Waals surface area contributed by atoms with Crippen LogP contribution in [0.15, 0.2) is 58.8 Å². The lowest BCUT2D eigenvalue weighted by Gasteiger charge is -2.15. The summed E-state index contributed by atoms with van der Waals surface area (Å²) in [5, 5.41) is 14.2. The van der Waals surface area contributed by atoms with Crippen LogP contribution in [0.1, 0.15) is 27.2 Å². The second-order valence-corrected chi connectivity index (χ2v) is 7.53. The third kappa shape index (κ3) is 4.46. The van der Waals surface area contributed by atoms with E-state index in [4.69, 9.17) is 0 Å². The monoisotopic (exact) mass is 481 g/mol. The number of aromatic hydroxyl groups is 1. The largest absolute Gasteiger partial charge is 0.508 e. The molecule has 0 radical (unpaired) electrons. The Morgan fingerprint density at radius 1 is 1.16 bits per heavy atom. The van der Waals surface area contributed by atoms with Crippen molar-refractivity contribution in [1.82, 2.24) is 9.97 Å². The van der Waals surface area contributed by atoms with Crippen molar-refractivity contribution in [3.8, 4) is 5.75 Å². The fourth-order valence-corrected chi connectivity index (χ4v) is 3.79. The average Bonchev–Trinajstić information content (AvgIpc) is 3.21. The molecule has 166 valence electrons. The van der Waals surface area contributed by atoms with E-state index in [0.717, 1.165) is 23.5 Å². The Balaban J connectivity index is 0.00000289. The number of halogens is 4. The van der Waals surface area contributed by atoms with Gasteiger partial charge in [-0.3, -0.25) is 14.9 Å². The summed E-state index contributed by atoms with van der Waals surface area (Å²) in [7, 11) is 0. The third-order valence-corrected chi connectivity index (χ3v) is 5.35. The Morgan fingerprint density at radius 2 is 1.91 bits per heavy atom. The van der Waals surface area contributed by atoms with Crippen LogP contribution in [0.25, 0.3) is 10.9 Å². The predicted octanol–water partition coefficient (Wildman–Crippen LogP) is 4.97. The molecule has 4 rings (SSSR count). The number of para-hydroxylation sites is 2. The summed E-state index contributed by atoms with van der Waals surface area (Å²) in [4.78, 5) is 32.6. The molecule has 0 aliphatic carbocycles. The van der Waals surface area contributed by atoms with Crippen LogP contribution >= 0.6 is 23.7 Å². The molecular weight excluding hydrogens is 467 g/mol. The number of aromatic nitrogens is 2. The van der Waals surface area contributed by atoms with Crippen LogP contribution in [-0.4, -0.2) is 21.0 Å². The van der Waals surface area contributed by atoms with E-state index in [-0.39, 0.29) is 46.4 Å². The molecular formula is C21H15ClF3N3O3S. The Morgan fingerprint density at radius 3 is 2.56 bits per heavy atom. The number of hydrogen-bond acceptors (Lipinski definition) is 5. The number of pyridine rings is 1. The van der Waals surface area contributed by atoms with Crippen LogP contribution in [-0.2, 0) is 12.6 Å². The Labute approximate surface area is 189 Å². The molecule has 3 N–H and O–H groups in total. The van der Waals surface area contributed by atoms with Gasteiger partial charge in [-0.2, -0.15) is 13.2 Å². The topological polar surface area (TPSA) is 95.1 Å². The maximum atomic E-state index is 13.5. The first kappa shape index (κ1) is 23.3. The summed E-state index contributed by atoms with van der Waals surface area (Å²) in [5.74, 6) is -0.917. The zero-order chi connectivity index (χ0) is 22.2. The number of fused-ring (bicyclic) bond motifs is 1. The number of phenols is 1. The number of phenolic OH excluding ortho intramolecular Hbond substituents is 1. The van der Waals surface area contributed by atoms with Crippen LogP contribution in [0.2, 0.25) is 0 Å². The maximum absolute atomic E-state index is 13.5. The van der Waals surface area contributed by atoms with Gasteiger partial charge in [-0.05, 0) is 23.8 Å². The number of amides is 1. The van der Waals surface area contributed by atoms with Gasteiger partial charge in [0.15, 0.2) is 5.13 Å². The maximum Gasteiger partial charge on any atom is 0.418 e. The molecule has 0 bridgehead atoms. The molecule has 0 unspecified atom stereocenters. The number of nitrogens with one attached hydrogen (secondary N) is 2. The number of anilines is 1. The number of rotatable bonds is 4. The number of carbonyl (C=O) groups is 1. The molecule has 32 heavy (non-hydrogen) atoms. The van der Waals surface area contributed by atoms with Gasteiger partial charge in [-0.25, -0.2) is 4.98 Å². The Bertz CT molecular complexity index is 1340. The molecule has 6 nitrogen and oxygen atoms in total. The number of alkyl halides is 3. The molecule has 1 amide bonds. The van der Waals surface area contributed by atoms with E-state index < -0.39 is 28.6 Å². The van der Waals surface area contributed by atoms with Gasteiger partial charge in [0.1, 0.15) is 11.3 Å². The van der Waals surface area contributed by atoms with Gasteiger partial charge >= 0.3 is 6.18 Å². The highest BCUT2D eigenvalue weighted by molar-refractivity contribution is 7.13. The van der Waals surface area contributed by atoms with Crippen LogP contribution in [0.3, 0.4) is 0 Å². The number of hydrogen-bond donors (Lipinski definition) is 3. The summed E-state index contributed by atoms with van der Waals surface area (Å²) in [5.41, 5.74) is -2.34. The number of carbonyl (C=O) groups excluding carboxylic acids is 1. The van der Waals surface area contributed by atoms with Gasteiger partial charge in [0, 0.05) is 29.1 Å². The first-order chi connectivity index (χ1) is 14.8. The fraction of sp³-hybridized carbons (Fsp3) is 0.0952.